The molecule has 0 radical (unpaired) electrons. The van der Waals surface area contributed by atoms with Crippen LogP contribution in [0.3, 0.4) is 0 Å². The lowest BCUT2D eigenvalue weighted by molar-refractivity contribution is 0.330. The second-order valence-corrected chi connectivity index (χ2v) is 7.09. The monoisotopic (exact) mass is 307 g/mol. The summed E-state index contributed by atoms with van der Waals surface area (Å²) in [5.41, 5.74) is 5.50. The maximum atomic E-state index is 4.56. The van der Waals surface area contributed by atoms with Gasteiger partial charge < -0.3 is 9.80 Å². The molecule has 0 N–H and O–H groups in total. The first kappa shape index (κ1) is 14.7. The van der Waals surface area contributed by atoms with E-state index >= 15 is 0 Å². The molecule has 3 heterocycles. The molecule has 2 aromatic rings. The highest BCUT2D eigenvalue weighted by Gasteiger charge is 2.39. The Balaban J connectivity index is 1.73. The topological polar surface area (TPSA) is 19.4 Å². The molecule has 0 bridgehead atoms. The van der Waals surface area contributed by atoms with Crippen LogP contribution in [0.2, 0.25) is 0 Å². The third-order valence-corrected chi connectivity index (χ3v) is 5.36. The van der Waals surface area contributed by atoms with Gasteiger partial charge in [-0.3, -0.25) is 4.98 Å². The van der Waals surface area contributed by atoms with Crippen molar-refractivity contribution in [1.82, 2.24) is 9.88 Å². The molecule has 1 aromatic carbocycles. The average molecular weight is 307 g/mol. The number of likely N-dealkylation sites (N-methyl/N-ethyl adjacent to an activating group) is 1. The molecule has 3 nitrogen and oxygen atoms in total. The van der Waals surface area contributed by atoms with E-state index in [2.05, 4.69) is 59.1 Å². The molecule has 120 valence electrons. The molecule has 0 aliphatic carbocycles. The number of pyridine rings is 1. The molecule has 1 saturated heterocycles. The molecule has 4 rings (SSSR count). The van der Waals surface area contributed by atoms with E-state index in [-0.39, 0.29) is 0 Å². The van der Waals surface area contributed by atoms with E-state index in [1.54, 1.807) is 5.56 Å². The average Bonchev–Trinajstić information content (AvgIpc) is 2.70. The maximum absolute atomic E-state index is 4.56. The minimum absolute atomic E-state index is 0.610. The van der Waals surface area contributed by atoms with E-state index in [0.717, 1.165) is 12.2 Å². The first-order valence-electron chi connectivity index (χ1n) is 8.68. The van der Waals surface area contributed by atoms with Crippen molar-refractivity contribution in [1.29, 1.82) is 0 Å². The predicted molar refractivity (Wildman–Crippen MR) is 94.9 cm³/mol. The fraction of sp³-hybridized carbons (Fsp3) is 0.450. The van der Waals surface area contributed by atoms with E-state index in [4.69, 9.17) is 0 Å². The third-order valence-electron chi connectivity index (χ3n) is 5.36. The Labute approximate surface area is 139 Å². The number of rotatable bonds is 2. The van der Waals surface area contributed by atoms with E-state index in [1.807, 2.05) is 12.3 Å². The van der Waals surface area contributed by atoms with Crippen molar-refractivity contribution in [3.05, 3.63) is 59.4 Å². The van der Waals surface area contributed by atoms with E-state index in [9.17, 15) is 0 Å². The fourth-order valence-electron chi connectivity index (χ4n) is 4.28. The van der Waals surface area contributed by atoms with Crippen LogP contribution in [0.15, 0.2) is 42.6 Å². The Morgan fingerprint density at radius 2 is 2.13 bits per heavy atom. The molecule has 2 atom stereocenters. The first-order valence-corrected chi connectivity index (χ1v) is 8.68. The van der Waals surface area contributed by atoms with Crippen LogP contribution in [0.4, 0.5) is 5.69 Å². The van der Waals surface area contributed by atoms with Crippen LogP contribution >= 0.6 is 0 Å². The van der Waals surface area contributed by atoms with Crippen molar-refractivity contribution in [2.45, 2.75) is 38.3 Å². The van der Waals surface area contributed by atoms with Crippen molar-refractivity contribution >= 4 is 5.69 Å². The number of hydrogen-bond acceptors (Lipinski definition) is 3. The van der Waals surface area contributed by atoms with Gasteiger partial charge in [0, 0.05) is 30.4 Å². The highest BCUT2D eigenvalue weighted by atomic mass is 15.2. The summed E-state index contributed by atoms with van der Waals surface area (Å²) in [6.45, 7) is 5.50. The number of anilines is 1. The zero-order chi connectivity index (χ0) is 15.8. The van der Waals surface area contributed by atoms with Crippen LogP contribution in [0.25, 0.3) is 0 Å². The Morgan fingerprint density at radius 3 is 2.96 bits per heavy atom. The Bertz CT molecular complexity index is 683. The van der Waals surface area contributed by atoms with Crippen LogP contribution < -0.4 is 4.90 Å². The van der Waals surface area contributed by atoms with Crippen LogP contribution in [-0.4, -0.2) is 36.1 Å². The second-order valence-electron chi connectivity index (χ2n) is 7.09. The van der Waals surface area contributed by atoms with Crippen LogP contribution in [-0.2, 0) is 6.54 Å². The van der Waals surface area contributed by atoms with Crippen LogP contribution in [0.1, 0.15) is 35.6 Å². The summed E-state index contributed by atoms with van der Waals surface area (Å²) in [4.78, 5) is 9.67. The van der Waals surface area contributed by atoms with E-state index < -0.39 is 0 Å². The molecule has 0 unspecified atom stereocenters. The van der Waals surface area contributed by atoms with Gasteiger partial charge in [-0.25, -0.2) is 0 Å². The molecule has 1 aromatic heterocycles. The number of aryl methyl sites for hydroxylation is 1. The number of likely N-dealkylation sites (tertiary alicyclic amines) is 1. The summed E-state index contributed by atoms with van der Waals surface area (Å²) in [5.74, 6) is 0.626. The number of hydrogen-bond donors (Lipinski definition) is 0. The van der Waals surface area contributed by atoms with Gasteiger partial charge in [-0.05, 0) is 57.1 Å². The standard InChI is InChI=1S/C20H25N3/c1-15-8-9-20-17(12-15)18-14-22(2)11-5-7-19(18)23(20)13-16-6-3-4-10-21-16/h3-4,6,8-10,12,18-19H,5,7,11,13-14H2,1-2H3/t18-,19+/m0/s1. The number of benzene rings is 1. The van der Waals surface area contributed by atoms with Gasteiger partial charge >= 0.3 is 0 Å². The summed E-state index contributed by atoms with van der Waals surface area (Å²) in [6, 6.07) is 13.8. The normalized spacial score (nSPS) is 24.2. The molecule has 3 heteroatoms. The molecule has 0 spiro atoms. The van der Waals surface area contributed by atoms with Crippen molar-refractivity contribution in [2.75, 3.05) is 25.0 Å². The summed E-state index contributed by atoms with van der Waals surface area (Å²) >= 11 is 0. The molecule has 0 saturated carbocycles. The Hall–Kier alpha value is -1.87. The Morgan fingerprint density at radius 1 is 1.22 bits per heavy atom. The molecular formula is C20H25N3. The van der Waals surface area contributed by atoms with E-state index in [0.29, 0.717) is 12.0 Å². The molecular weight excluding hydrogens is 282 g/mol. The van der Waals surface area contributed by atoms with Crippen molar-refractivity contribution < 1.29 is 0 Å². The lowest BCUT2D eigenvalue weighted by atomic mass is 9.92. The van der Waals surface area contributed by atoms with E-state index in [1.165, 1.54) is 37.2 Å². The molecule has 1 fully saturated rings. The lowest BCUT2D eigenvalue weighted by Crippen LogP contribution is -2.35. The van der Waals surface area contributed by atoms with Crippen molar-refractivity contribution in [3.8, 4) is 0 Å². The Kier molecular flexibility index (Phi) is 3.82. The molecule has 0 amide bonds. The zero-order valence-electron chi connectivity index (χ0n) is 14.1. The smallest absolute Gasteiger partial charge is 0.0605 e. The maximum Gasteiger partial charge on any atom is 0.0605 e. The van der Waals surface area contributed by atoms with Gasteiger partial charge in [-0.2, -0.15) is 0 Å². The number of nitrogens with zero attached hydrogens (tertiary/aromatic N) is 3. The summed E-state index contributed by atoms with van der Waals surface area (Å²) in [5, 5.41) is 0. The molecule has 23 heavy (non-hydrogen) atoms. The quantitative estimate of drug-likeness (QED) is 0.845. The first-order chi connectivity index (χ1) is 11.2. The summed E-state index contributed by atoms with van der Waals surface area (Å²) in [7, 11) is 2.26. The minimum Gasteiger partial charge on any atom is -0.362 e. The SMILES string of the molecule is Cc1ccc2c(c1)[C@@H]1CN(C)CCC[C@H]1N2Cc1ccccn1. The van der Waals surface area contributed by atoms with Gasteiger partial charge in [0.15, 0.2) is 0 Å². The van der Waals surface area contributed by atoms with Gasteiger partial charge in [-0.15, -0.1) is 0 Å². The van der Waals surface area contributed by atoms with Crippen molar-refractivity contribution in [2.24, 2.45) is 0 Å². The number of fused-ring (bicyclic) bond motifs is 3. The predicted octanol–water partition coefficient (Wildman–Crippen LogP) is 3.59. The van der Waals surface area contributed by atoms with Crippen LogP contribution in [0.5, 0.6) is 0 Å². The summed E-state index contributed by atoms with van der Waals surface area (Å²) < 4.78 is 0. The molecule has 2 aliphatic rings. The van der Waals surface area contributed by atoms with Gasteiger partial charge in [0.1, 0.15) is 0 Å². The number of aromatic nitrogens is 1. The van der Waals surface area contributed by atoms with Gasteiger partial charge in [0.05, 0.1) is 12.2 Å². The van der Waals surface area contributed by atoms with Crippen LogP contribution in [0, 0.1) is 6.92 Å². The third kappa shape index (κ3) is 2.74. The molecule has 2 aliphatic heterocycles. The highest BCUT2D eigenvalue weighted by Crippen LogP contribution is 2.45. The summed E-state index contributed by atoms with van der Waals surface area (Å²) in [6.07, 6.45) is 4.46. The minimum atomic E-state index is 0.610. The second kappa shape index (κ2) is 5.97. The van der Waals surface area contributed by atoms with Gasteiger partial charge in [0.25, 0.3) is 0 Å². The fourth-order valence-corrected chi connectivity index (χ4v) is 4.28. The van der Waals surface area contributed by atoms with Crippen molar-refractivity contribution in [3.63, 3.8) is 0 Å². The van der Waals surface area contributed by atoms with Gasteiger partial charge in [0.2, 0.25) is 0 Å². The lowest BCUT2D eigenvalue weighted by Gasteiger charge is -2.29. The zero-order valence-corrected chi connectivity index (χ0v) is 14.1. The highest BCUT2D eigenvalue weighted by molar-refractivity contribution is 5.63. The largest absolute Gasteiger partial charge is 0.362 e. The van der Waals surface area contributed by atoms with Gasteiger partial charge in [-0.1, -0.05) is 23.8 Å².